The van der Waals surface area contributed by atoms with Gasteiger partial charge in [0, 0.05) is 12.5 Å². The molecule has 0 bridgehead atoms. The molecule has 0 spiro atoms. The van der Waals surface area contributed by atoms with Crippen LogP contribution in [0.4, 0.5) is 0 Å². The third-order valence-corrected chi connectivity index (χ3v) is 4.44. The fourth-order valence-electron chi connectivity index (χ4n) is 3.40. The van der Waals surface area contributed by atoms with E-state index in [4.69, 9.17) is 10.2 Å². The highest BCUT2D eigenvalue weighted by atomic mass is 15.1. The van der Waals surface area contributed by atoms with Crippen molar-refractivity contribution in [3.63, 3.8) is 0 Å². The fourth-order valence-corrected chi connectivity index (χ4v) is 3.40. The van der Waals surface area contributed by atoms with E-state index in [2.05, 4.69) is 17.6 Å². The molecule has 0 unspecified atom stereocenters. The Hall–Kier alpha value is -1.82. The number of benzene rings is 1. The molecule has 1 aliphatic rings. The Kier molecular flexibility index (Phi) is 3.73. The zero-order chi connectivity index (χ0) is 13.9. The van der Waals surface area contributed by atoms with E-state index in [9.17, 15) is 0 Å². The second-order valence-electron chi connectivity index (χ2n) is 5.72. The van der Waals surface area contributed by atoms with Crippen molar-refractivity contribution in [1.29, 1.82) is 5.26 Å². The third-order valence-electron chi connectivity index (χ3n) is 4.44. The number of imidazole rings is 1. The molecule has 0 radical (unpaired) electrons. The number of aryl methyl sites for hydroxylation is 1. The van der Waals surface area contributed by atoms with Crippen molar-refractivity contribution >= 4 is 11.0 Å². The van der Waals surface area contributed by atoms with Crippen molar-refractivity contribution in [2.75, 3.05) is 0 Å². The smallest absolute Gasteiger partial charge is 0.112 e. The summed E-state index contributed by atoms with van der Waals surface area (Å²) in [7, 11) is 0. The number of fused-ring (bicyclic) bond motifs is 1. The molecule has 1 fully saturated rings. The van der Waals surface area contributed by atoms with Crippen LogP contribution in [0.2, 0.25) is 0 Å². The number of aromatic nitrogens is 2. The zero-order valence-corrected chi connectivity index (χ0v) is 12.1. The molecule has 20 heavy (non-hydrogen) atoms. The van der Waals surface area contributed by atoms with Gasteiger partial charge in [-0.1, -0.05) is 25.7 Å². The molecule has 1 heterocycles. The van der Waals surface area contributed by atoms with E-state index in [1.54, 1.807) is 0 Å². The Morgan fingerprint density at radius 3 is 2.65 bits per heavy atom. The Labute approximate surface area is 120 Å². The first-order valence-electron chi connectivity index (χ1n) is 7.73. The van der Waals surface area contributed by atoms with E-state index < -0.39 is 0 Å². The minimum atomic E-state index is 0.593. The summed E-state index contributed by atoms with van der Waals surface area (Å²) in [6.07, 6.45) is 7.88. The Bertz CT molecular complexity index is 640. The van der Waals surface area contributed by atoms with Crippen molar-refractivity contribution in [1.82, 2.24) is 9.55 Å². The first kappa shape index (κ1) is 13.2. The van der Waals surface area contributed by atoms with E-state index in [0.717, 1.165) is 12.1 Å². The van der Waals surface area contributed by atoms with Crippen LogP contribution in [0.15, 0.2) is 18.2 Å². The summed E-state index contributed by atoms with van der Waals surface area (Å²) in [5.74, 6) is 1.83. The van der Waals surface area contributed by atoms with Gasteiger partial charge in [0.1, 0.15) is 5.82 Å². The molecule has 104 valence electrons. The van der Waals surface area contributed by atoms with Gasteiger partial charge in [-0.15, -0.1) is 0 Å². The standard InChI is InChI=1S/C17H21N3/c1-2-20-16-10-9-13(12-18)11-15(16)19-17(20)14-7-5-3-4-6-8-14/h9-11,14H,2-8H2,1H3. The lowest BCUT2D eigenvalue weighted by Gasteiger charge is -2.15. The highest BCUT2D eigenvalue weighted by Crippen LogP contribution is 2.33. The zero-order valence-electron chi connectivity index (χ0n) is 12.1. The second-order valence-corrected chi connectivity index (χ2v) is 5.72. The van der Waals surface area contributed by atoms with Crippen molar-refractivity contribution in [2.24, 2.45) is 0 Å². The van der Waals surface area contributed by atoms with Gasteiger partial charge in [-0.25, -0.2) is 4.98 Å². The summed E-state index contributed by atoms with van der Waals surface area (Å²) in [6, 6.07) is 8.07. The minimum Gasteiger partial charge on any atom is -0.328 e. The van der Waals surface area contributed by atoms with Crippen LogP contribution < -0.4 is 0 Å². The van der Waals surface area contributed by atoms with Crippen LogP contribution in [0.5, 0.6) is 0 Å². The Morgan fingerprint density at radius 2 is 2.00 bits per heavy atom. The van der Waals surface area contributed by atoms with Gasteiger partial charge in [0.2, 0.25) is 0 Å². The summed E-state index contributed by atoms with van der Waals surface area (Å²) in [5, 5.41) is 9.03. The van der Waals surface area contributed by atoms with E-state index in [1.165, 1.54) is 49.9 Å². The van der Waals surface area contributed by atoms with Gasteiger partial charge in [0.25, 0.3) is 0 Å². The molecule has 0 atom stereocenters. The van der Waals surface area contributed by atoms with Gasteiger partial charge < -0.3 is 4.57 Å². The van der Waals surface area contributed by atoms with Crippen molar-refractivity contribution in [3.05, 3.63) is 29.6 Å². The number of rotatable bonds is 2. The number of nitriles is 1. The molecule has 0 saturated heterocycles. The number of hydrogen-bond donors (Lipinski definition) is 0. The van der Waals surface area contributed by atoms with Crippen LogP contribution in [-0.2, 0) is 6.54 Å². The Balaban J connectivity index is 2.07. The van der Waals surface area contributed by atoms with Gasteiger partial charge in [-0.05, 0) is 38.0 Å². The molecule has 2 aromatic rings. The van der Waals surface area contributed by atoms with Crippen LogP contribution >= 0.6 is 0 Å². The quantitative estimate of drug-likeness (QED) is 0.758. The molecule has 0 N–H and O–H groups in total. The molecule has 0 amide bonds. The normalized spacial score (nSPS) is 17.0. The van der Waals surface area contributed by atoms with Gasteiger partial charge in [0.15, 0.2) is 0 Å². The van der Waals surface area contributed by atoms with Crippen LogP contribution in [0.1, 0.15) is 62.8 Å². The van der Waals surface area contributed by atoms with Crippen LogP contribution in [0.3, 0.4) is 0 Å². The first-order chi connectivity index (χ1) is 9.83. The Morgan fingerprint density at radius 1 is 1.25 bits per heavy atom. The van der Waals surface area contributed by atoms with Crippen molar-refractivity contribution in [3.8, 4) is 6.07 Å². The maximum Gasteiger partial charge on any atom is 0.112 e. The second kappa shape index (κ2) is 5.66. The van der Waals surface area contributed by atoms with Crippen molar-refractivity contribution in [2.45, 2.75) is 57.9 Å². The van der Waals surface area contributed by atoms with Crippen LogP contribution in [0.25, 0.3) is 11.0 Å². The van der Waals surface area contributed by atoms with E-state index in [1.807, 2.05) is 18.2 Å². The van der Waals surface area contributed by atoms with E-state index in [0.29, 0.717) is 11.5 Å². The van der Waals surface area contributed by atoms with Crippen LogP contribution in [-0.4, -0.2) is 9.55 Å². The third kappa shape index (κ3) is 2.31. The SMILES string of the molecule is CCn1c(C2CCCCCC2)nc2cc(C#N)ccc21. The molecular formula is C17H21N3. The average molecular weight is 267 g/mol. The number of hydrogen-bond acceptors (Lipinski definition) is 2. The van der Waals surface area contributed by atoms with Gasteiger partial charge in [0.05, 0.1) is 22.7 Å². The molecule has 3 heteroatoms. The molecule has 3 nitrogen and oxygen atoms in total. The highest BCUT2D eigenvalue weighted by Gasteiger charge is 2.21. The monoisotopic (exact) mass is 267 g/mol. The van der Waals surface area contributed by atoms with Gasteiger partial charge >= 0.3 is 0 Å². The topological polar surface area (TPSA) is 41.6 Å². The lowest BCUT2D eigenvalue weighted by Crippen LogP contribution is -2.08. The molecule has 3 rings (SSSR count). The van der Waals surface area contributed by atoms with Gasteiger partial charge in [-0.2, -0.15) is 5.26 Å². The molecule has 1 aliphatic carbocycles. The predicted molar refractivity (Wildman–Crippen MR) is 80.6 cm³/mol. The summed E-state index contributed by atoms with van der Waals surface area (Å²) in [5.41, 5.74) is 2.85. The summed E-state index contributed by atoms with van der Waals surface area (Å²) < 4.78 is 2.34. The minimum absolute atomic E-state index is 0.593. The molecule has 1 aromatic carbocycles. The summed E-state index contributed by atoms with van der Waals surface area (Å²) in [6.45, 7) is 3.13. The number of nitrogens with zero attached hydrogens (tertiary/aromatic N) is 3. The van der Waals surface area contributed by atoms with Crippen molar-refractivity contribution < 1.29 is 0 Å². The summed E-state index contributed by atoms with van der Waals surface area (Å²) >= 11 is 0. The van der Waals surface area contributed by atoms with E-state index in [-0.39, 0.29) is 0 Å². The lowest BCUT2D eigenvalue weighted by molar-refractivity contribution is 0.532. The predicted octanol–water partition coefficient (Wildman–Crippen LogP) is 4.37. The first-order valence-corrected chi connectivity index (χ1v) is 7.73. The van der Waals surface area contributed by atoms with Gasteiger partial charge in [-0.3, -0.25) is 0 Å². The molecule has 1 aromatic heterocycles. The average Bonchev–Trinajstić information content (AvgIpc) is 2.65. The molecular weight excluding hydrogens is 246 g/mol. The van der Waals surface area contributed by atoms with E-state index >= 15 is 0 Å². The maximum absolute atomic E-state index is 9.03. The lowest BCUT2D eigenvalue weighted by atomic mass is 9.99. The maximum atomic E-state index is 9.03. The largest absolute Gasteiger partial charge is 0.328 e. The molecule has 0 aliphatic heterocycles. The molecule has 1 saturated carbocycles. The highest BCUT2D eigenvalue weighted by molar-refractivity contribution is 5.77. The van der Waals surface area contributed by atoms with Crippen LogP contribution in [0, 0.1) is 11.3 Å². The fraction of sp³-hybridized carbons (Fsp3) is 0.529. The summed E-state index contributed by atoms with van der Waals surface area (Å²) in [4.78, 5) is 4.87.